The van der Waals surface area contributed by atoms with E-state index < -0.39 is 0 Å². The van der Waals surface area contributed by atoms with Gasteiger partial charge in [0.25, 0.3) is 5.91 Å². The summed E-state index contributed by atoms with van der Waals surface area (Å²) in [5.41, 5.74) is 1.97. The van der Waals surface area contributed by atoms with Crippen molar-refractivity contribution in [2.75, 3.05) is 30.4 Å². The van der Waals surface area contributed by atoms with Crippen LogP contribution >= 0.6 is 11.6 Å². The highest BCUT2D eigenvalue weighted by molar-refractivity contribution is 6.31. The largest absolute Gasteiger partial charge is 0.495 e. The third-order valence-corrected chi connectivity index (χ3v) is 5.25. The maximum atomic E-state index is 12.6. The second-order valence-corrected chi connectivity index (χ2v) is 7.24. The van der Waals surface area contributed by atoms with Gasteiger partial charge in [-0.2, -0.15) is 0 Å². The summed E-state index contributed by atoms with van der Waals surface area (Å²) in [5.74, 6) is 2.00. The van der Waals surface area contributed by atoms with Crippen molar-refractivity contribution < 1.29 is 9.53 Å². The fourth-order valence-corrected chi connectivity index (χ4v) is 3.22. The zero-order chi connectivity index (χ0) is 18.7. The molecule has 0 radical (unpaired) electrons. The van der Waals surface area contributed by atoms with Gasteiger partial charge < -0.3 is 15.0 Å². The van der Waals surface area contributed by atoms with Crippen LogP contribution < -0.4 is 15.0 Å². The molecule has 138 valence electrons. The predicted octanol–water partition coefficient (Wildman–Crippen LogP) is 4.54. The predicted molar refractivity (Wildman–Crippen MR) is 106 cm³/mol. The molecule has 1 saturated heterocycles. The third kappa shape index (κ3) is 4.10. The molecule has 0 spiro atoms. The van der Waals surface area contributed by atoms with Crippen molar-refractivity contribution in [3.63, 3.8) is 0 Å². The lowest BCUT2D eigenvalue weighted by atomic mass is 9.99. The van der Waals surface area contributed by atoms with Crippen LogP contribution in [0.1, 0.15) is 35.7 Å². The summed E-state index contributed by atoms with van der Waals surface area (Å²) in [7, 11) is 1.55. The summed E-state index contributed by atoms with van der Waals surface area (Å²) >= 11 is 6.11. The third-order valence-electron chi connectivity index (χ3n) is 4.85. The van der Waals surface area contributed by atoms with Crippen molar-refractivity contribution in [3.8, 4) is 5.75 Å². The number of carbonyl (C=O) groups excluding carboxylic acids is 1. The van der Waals surface area contributed by atoms with Crippen molar-refractivity contribution >= 4 is 29.0 Å². The summed E-state index contributed by atoms with van der Waals surface area (Å²) < 4.78 is 5.30. The quantitative estimate of drug-likeness (QED) is 0.854. The number of anilines is 2. The zero-order valence-corrected chi connectivity index (χ0v) is 16.1. The Morgan fingerprint density at radius 2 is 2.04 bits per heavy atom. The molecule has 2 heterocycles. The number of benzene rings is 1. The average molecular weight is 374 g/mol. The van der Waals surface area contributed by atoms with E-state index in [1.54, 1.807) is 25.4 Å². The Morgan fingerprint density at radius 1 is 1.31 bits per heavy atom. The Bertz CT molecular complexity index is 784. The molecule has 1 N–H and O–H groups in total. The molecule has 1 aromatic heterocycles. The molecule has 1 aromatic carbocycles. The van der Waals surface area contributed by atoms with E-state index in [1.165, 1.54) is 12.8 Å². The fourth-order valence-electron chi connectivity index (χ4n) is 3.07. The van der Waals surface area contributed by atoms with Crippen LogP contribution in [0.15, 0.2) is 30.5 Å². The minimum atomic E-state index is -0.226. The second-order valence-electron chi connectivity index (χ2n) is 6.83. The Labute approximate surface area is 159 Å². The van der Waals surface area contributed by atoms with Gasteiger partial charge in [-0.15, -0.1) is 0 Å². The number of carbonyl (C=O) groups is 1. The van der Waals surface area contributed by atoms with Gasteiger partial charge >= 0.3 is 0 Å². The van der Waals surface area contributed by atoms with Gasteiger partial charge in [0.05, 0.1) is 18.4 Å². The van der Waals surface area contributed by atoms with Crippen LogP contribution in [-0.2, 0) is 0 Å². The maximum Gasteiger partial charge on any atom is 0.257 e. The van der Waals surface area contributed by atoms with E-state index in [1.807, 2.05) is 19.1 Å². The van der Waals surface area contributed by atoms with Crippen LogP contribution in [-0.4, -0.2) is 31.1 Å². The highest BCUT2D eigenvalue weighted by atomic mass is 35.5. The highest BCUT2D eigenvalue weighted by Gasteiger charge is 2.18. The molecule has 1 aliphatic rings. The molecule has 0 aliphatic carbocycles. The minimum absolute atomic E-state index is 0.226. The van der Waals surface area contributed by atoms with Gasteiger partial charge in [0.1, 0.15) is 11.6 Å². The Balaban J connectivity index is 1.72. The second kappa shape index (κ2) is 7.96. The first-order valence-electron chi connectivity index (χ1n) is 8.84. The van der Waals surface area contributed by atoms with Crippen LogP contribution in [0.2, 0.25) is 5.02 Å². The van der Waals surface area contributed by atoms with Crippen molar-refractivity contribution in [1.29, 1.82) is 0 Å². The SMILES string of the molecule is COc1cc(Cl)c(C)cc1NC(=O)c1ccc(N2CCC(C)CC2)nc1. The molecular formula is C20H24ClN3O2. The van der Waals surface area contributed by atoms with Crippen molar-refractivity contribution in [2.45, 2.75) is 26.7 Å². The number of aromatic nitrogens is 1. The number of piperidine rings is 1. The number of rotatable bonds is 4. The Morgan fingerprint density at radius 3 is 2.65 bits per heavy atom. The first-order valence-corrected chi connectivity index (χ1v) is 9.22. The lowest BCUT2D eigenvalue weighted by Gasteiger charge is -2.31. The summed E-state index contributed by atoms with van der Waals surface area (Å²) in [4.78, 5) is 19.3. The van der Waals surface area contributed by atoms with Gasteiger partial charge in [0.15, 0.2) is 0 Å². The number of nitrogens with zero attached hydrogens (tertiary/aromatic N) is 2. The number of amides is 1. The number of methoxy groups -OCH3 is 1. The lowest BCUT2D eigenvalue weighted by molar-refractivity contribution is 0.102. The van der Waals surface area contributed by atoms with E-state index >= 15 is 0 Å². The number of halogens is 1. The van der Waals surface area contributed by atoms with Gasteiger partial charge in [-0.25, -0.2) is 4.98 Å². The molecule has 0 bridgehead atoms. The molecule has 26 heavy (non-hydrogen) atoms. The fraction of sp³-hybridized carbons (Fsp3) is 0.400. The highest BCUT2D eigenvalue weighted by Crippen LogP contribution is 2.31. The molecule has 6 heteroatoms. The molecule has 5 nitrogen and oxygen atoms in total. The number of pyridine rings is 1. The van der Waals surface area contributed by atoms with Gasteiger partial charge in [0, 0.05) is 30.4 Å². The van der Waals surface area contributed by atoms with Crippen LogP contribution in [0, 0.1) is 12.8 Å². The zero-order valence-electron chi connectivity index (χ0n) is 15.4. The van der Waals surface area contributed by atoms with Crippen LogP contribution in [0.25, 0.3) is 0 Å². The first-order chi connectivity index (χ1) is 12.5. The monoisotopic (exact) mass is 373 g/mol. The van der Waals surface area contributed by atoms with Crippen LogP contribution in [0.5, 0.6) is 5.75 Å². The molecule has 1 aliphatic heterocycles. The van der Waals surface area contributed by atoms with Crippen molar-refractivity contribution in [2.24, 2.45) is 5.92 Å². The molecule has 0 unspecified atom stereocenters. The Hall–Kier alpha value is -2.27. The molecule has 3 rings (SSSR count). The molecule has 1 amide bonds. The summed E-state index contributed by atoms with van der Waals surface area (Å²) in [6, 6.07) is 7.22. The van der Waals surface area contributed by atoms with E-state index in [0.29, 0.717) is 22.0 Å². The molecule has 0 saturated carbocycles. The molecular weight excluding hydrogens is 350 g/mol. The van der Waals surface area contributed by atoms with E-state index in [0.717, 1.165) is 30.4 Å². The van der Waals surface area contributed by atoms with Gasteiger partial charge in [-0.3, -0.25) is 4.79 Å². The molecule has 1 fully saturated rings. The number of hydrogen-bond donors (Lipinski definition) is 1. The molecule has 0 atom stereocenters. The average Bonchev–Trinajstić information content (AvgIpc) is 2.65. The normalized spacial score (nSPS) is 15.0. The minimum Gasteiger partial charge on any atom is -0.495 e. The van der Waals surface area contributed by atoms with Gasteiger partial charge in [-0.1, -0.05) is 18.5 Å². The van der Waals surface area contributed by atoms with E-state index in [9.17, 15) is 4.79 Å². The van der Waals surface area contributed by atoms with Crippen LogP contribution in [0.3, 0.4) is 0 Å². The van der Waals surface area contributed by atoms with Crippen molar-refractivity contribution in [3.05, 3.63) is 46.6 Å². The van der Waals surface area contributed by atoms with E-state index in [2.05, 4.69) is 22.1 Å². The van der Waals surface area contributed by atoms with Gasteiger partial charge in [-0.05, 0) is 49.4 Å². The summed E-state index contributed by atoms with van der Waals surface area (Å²) in [6.07, 6.45) is 3.98. The summed E-state index contributed by atoms with van der Waals surface area (Å²) in [5, 5.41) is 3.47. The first kappa shape index (κ1) is 18.5. The lowest BCUT2D eigenvalue weighted by Crippen LogP contribution is -2.33. The van der Waals surface area contributed by atoms with Gasteiger partial charge in [0.2, 0.25) is 0 Å². The Kier molecular flexibility index (Phi) is 5.67. The van der Waals surface area contributed by atoms with E-state index in [-0.39, 0.29) is 5.91 Å². The number of hydrogen-bond acceptors (Lipinski definition) is 4. The van der Waals surface area contributed by atoms with Crippen molar-refractivity contribution in [1.82, 2.24) is 4.98 Å². The smallest absolute Gasteiger partial charge is 0.257 e. The van der Waals surface area contributed by atoms with E-state index in [4.69, 9.17) is 16.3 Å². The number of aryl methyl sites for hydroxylation is 1. The standard InChI is InChI=1S/C20H24ClN3O2/c1-13-6-8-24(9-7-13)19-5-4-15(12-22-19)20(25)23-17-10-14(2)16(21)11-18(17)26-3/h4-5,10-13H,6-9H2,1-3H3,(H,23,25). The topological polar surface area (TPSA) is 54.5 Å². The summed E-state index contributed by atoms with van der Waals surface area (Å²) in [6.45, 7) is 6.19. The molecule has 2 aromatic rings. The van der Waals surface area contributed by atoms with Crippen LogP contribution in [0.4, 0.5) is 11.5 Å². The number of nitrogens with one attached hydrogen (secondary N) is 1. The number of ether oxygens (including phenoxy) is 1. The maximum absolute atomic E-state index is 12.6.